The van der Waals surface area contributed by atoms with Crippen LogP contribution < -0.4 is 11.1 Å². The summed E-state index contributed by atoms with van der Waals surface area (Å²) in [5.41, 5.74) is 5.27. The zero-order chi connectivity index (χ0) is 9.14. The van der Waals surface area contributed by atoms with E-state index in [0.29, 0.717) is 12.6 Å². The zero-order valence-electron chi connectivity index (χ0n) is 8.53. The second kappa shape index (κ2) is 7.29. The maximum absolute atomic E-state index is 11.0. The molecule has 3 N–H and O–H groups in total. The van der Waals surface area contributed by atoms with Gasteiger partial charge in [0.05, 0.1) is 0 Å². The van der Waals surface area contributed by atoms with Crippen molar-refractivity contribution >= 4 is 30.7 Å². The molecule has 1 saturated heterocycles. The average molecular weight is 244 g/mol. The van der Waals surface area contributed by atoms with Gasteiger partial charge in [-0.05, 0) is 13.8 Å². The molecule has 1 rings (SSSR count). The molecule has 0 spiro atoms. The van der Waals surface area contributed by atoms with Crippen LogP contribution in [0.25, 0.3) is 0 Å². The van der Waals surface area contributed by atoms with E-state index in [2.05, 4.69) is 24.1 Å². The maximum Gasteiger partial charge on any atom is 0.236 e. The van der Waals surface area contributed by atoms with E-state index in [1.807, 2.05) is 0 Å². The predicted octanol–water partition coefficient (Wildman–Crippen LogP) is -0.00250. The van der Waals surface area contributed by atoms with Gasteiger partial charge < -0.3 is 11.1 Å². The van der Waals surface area contributed by atoms with Crippen LogP contribution >= 0.6 is 24.8 Å². The Morgan fingerprint density at radius 2 is 2.07 bits per heavy atom. The van der Waals surface area contributed by atoms with Gasteiger partial charge >= 0.3 is 0 Å². The minimum absolute atomic E-state index is 0. The maximum atomic E-state index is 11.0. The van der Waals surface area contributed by atoms with Crippen LogP contribution in [0.1, 0.15) is 13.8 Å². The summed E-state index contributed by atoms with van der Waals surface area (Å²) in [7, 11) is 0. The number of nitrogens with one attached hydrogen (secondary N) is 1. The van der Waals surface area contributed by atoms with Crippen LogP contribution in [0.5, 0.6) is 0 Å². The number of carbonyl (C=O) groups is 1. The molecule has 0 aromatic rings. The highest BCUT2D eigenvalue weighted by Gasteiger charge is 2.27. The lowest BCUT2D eigenvalue weighted by Gasteiger charge is -2.36. The standard InChI is InChI=1S/C8H17N3O.2ClH/c1-6(2)11-4-3-10-5-7(11)8(9)12;;/h6-7,10H,3-5H2,1-2H3,(H2,9,12);2*1H. The van der Waals surface area contributed by atoms with Crippen LogP contribution in [0.3, 0.4) is 0 Å². The van der Waals surface area contributed by atoms with Gasteiger partial charge in [0.1, 0.15) is 6.04 Å². The van der Waals surface area contributed by atoms with Crippen LogP contribution in [0.15, 0.2) is 0 Å². The van der Waals surface area contributed by atoms with Crippen molar-refractivity contribution in [2.75, 3.05) is 19.6 Å². The van der Waals surface area contributed by atoms with Gasteiger partial charge in [-0.15, -0.1) is 24.8 Å². The van der Waals surface area contributed by atoms with Crippen LogP contribution in [0.2, 0.25) is 0 Å². The van der Waals surface area contributed by atoms with Gasteiger partial charge in [-0.25, -0.2) is 0 Å². The second-order valence-corrected chi connectivity index (χ2v) is 3.45. The van der Waals surface area contributed by atoms with Crippen LogP contribution in [-0.4, -0.2) is 42.5 Å². The van der Waals surface area contributed by atoms with Gasteiger partial charge in [0.15, 0.2) is 0 Å². The minimum atomic E-state index is -0.226. The first-order valence-electron chi connectivity index (χ1n) is 4.38. The summed E-state index contributed by atoms with van der Waals surface area (Å²) in [6.07, 6.45) is 0. The van der Waals surface area contributed by atoms with Crippen molar-refractivity contribution in [1.29, 1.82) is 0 Å². The van der Waals surface area contributed by atoms with E-state index in [1.165, 1.54) is 0 Å². The first-order chi connectivity index (χ1) is 5.63. The summed E-state index contributed by atoms with van der Waals surface area (Å²) in [5, 5.41) is 3.16. The SMILES string of the molecule is CC(C)N1CCNCC1C(N)=O.Cl.Cl. The van der Waals surface area contributed by atoms with Crippen LogP contribution in [0, 0.1) is 0 Å². The van der Waals surface area contributed by atoms with Gasteiger partial charge in [0, 0.05) is 25.7 Å². The summed E-state index contributed by atoms with van der Waals surface area (Å²) in [6.45, 7) is 6.71. The number of hydrogen-bond acceptors (Lipinski definition) is 3. The molecular formula is C8H19Cl2N3O. The number of nitrogens with zero attached hydrogens (tertiary/aromatic N) is 1. The normalized spacial score (nSPS) is 22.4. The molecular weight excluding hydrogens is 225 g/mol. The number of carbonyl (C=O) groups excluding carboxylic acids is 1. The molecule has 0 aromatic heterocycles. The molecule has 1 heterocycles. The van der Waals surface area contributed by atoms with E-state index in [4.69, 9.17) is 5.73 Å². The van der Waals surface area contributed by atoms with Crippen molar-refractivity contribution in [3.05, 3.63) is 0 Å². The molecule has 0 radical (unpaired) electrons. The summed E-state index contributed by atoms with van der Waals surface area (Å²) < 4.78 is 0. The third-order valence-electron chi connectivity index (χ3n) is 2.28. The average Bonchev–Trinajstić information content (AvgIpc) is 2.04. The summed E-state index contributed by atoms with van der Waals surface area (Å²) in [4.78, 5) is 13.1. The number of hydrogen-bond donors (Lipinski definition) is 2. The van der Waals surface area contributed by atoms with E-state index in [1.54, 1.807) is 0 Å². The van der Waals surface area contributed by atoms with E-state index < -0.39 is 0 Å². The van der Waals surface area contributed by atoms with Crippen LogP contribution in [-0.2, 0) is 4.79 Å². The van der Waals surface area contributed by atoms with Gasteiger partial charge in [0.2, 0.25) is 5.91 Å². The first kappa shape index (κ1) is 16.4. The van der Waals surface area contributed by atoms with Crippen molar-refractivity contribution in [3.8, 4) is 0 Å². The molecule has 86 valence electrons. The molecule has 1 fully saturated rings. The molecule has 0 bridgehead atoms. The van der Waals surface area contributed by atoms with E-state index in [0.717, 1.165) is 13.1 Å². The van der Waals surface area contributed by atoms with Gasteiger partial charge in [-0.1, -0.05) is 0 Å². The number of nitrogens with two attached hydrogens (primary N) is 1. The Kier molecular flexibility index (Phi) is 8.54. The summed E-state index contributed by atoms with van der Waals surface area (Å²) in [5.74, 6) is -0.226. The lowest BCUT2D eigenvalue weighted by atomic mass is 10.1. The number of amides is 1. The Bertz CT molecular complexity index is 178. The largest absolute Gasteiger partial charge is 0.368 e. The fourth-order valence-electron chi connectivity index (χ4n) is 1.60. The molecule has 1 aliphatic rings. The number of rotatable bonds is 2. The van der Waals surface area contributed by atoms with Crippen LogP contribution in [0.4, 0.5) is 0 Å². The summed E-state index contributed by atoms with van der Waals surface area (Å²) >= 11 is 0. The number of halogens is 2. The molecule has 1 aliphatic heterocycles. The molecule has 0 saturated carbocycles. The third kappa shape index (κ3) is 4.00. The number of piperazine rings is 1. The van der Waals surface area contributed by atoms with Gasteiger partial charge in [-0.2, -0.15) is 0 Å². The quantitative estimate of drug-likeness (QED) is 0.718. The lowest BCUT2D eigenvalue weighted by molar-refractivity contribution is -0.124. The van der Waals surface area contributed by atoms with Crippen molar-refractivity contribution in [2.45, 2.75) is 25.9 Å². The molecule has 0 aliphatic carbocycles. The Morgan fingerprint density at radius 1 is 1.50 bits per heavy atom. The van der Waals surface area contributed by atoms with E-state index >= 15 is 0 Å². The Morgan fingerprint density at radius 3 is 2.43 bits per heavy atom. The molecule has 1 unspecified atom stereocenters. The summed E-state index contributed by atoms with van der Waals surface area (Å²) in [6, 6.07) is 0.267. The molecule has 14 heavy (non-hydrogen) atoms. The van der Waals surface area contributed by atoms with Gasteiger partial charge in [0.25, 0.3) is 0 Å². The highest BCUT2D eigenvalue weighted by Crippen LogP contribution is 2.07. The zero-order valence-corrected chi connectivity index (χ0v) is 10.2. The fraction of sp³-hybridized carbons (Fsp3) is 0.875. The van der Waals surface area contributed by atoms with Crippen molar-refractivity contribution in [2.24, 2.45) is 5.73 Å². The molecule has 1 amide bonds. The molecule has 6 heteroatoms. The van der Waals surface area contributed by atoms with E-state index in [9.17, 15) is 4.79 Å². The highest BCUT2D eigenvalue weighted by atomic mass is 35.5. The molecule has 1 atom stereocenters. The second-order valence-electron chi connectivity index (χ2n) is 3.45. The Balaban J connectivity index is 0. The first-order valence-corrected chi connectivity index (χ1v) is 4.38. The highest BCUT2D eigenvalue weighted by molar-refractivity contribution is 5.85. The van der Waals surface area contributed by atoms with Crippen molar-refractivity contribution in [3.63, 3.8) is 0 Å². The topological polar surface area (TPSA) is 58.4 Å². The Labute approximate surface area is 97.4 Å². The smallest absolute Gasteiger partial charge is 0.236 e. The Hall–Kier alpha value is -0.0300. The predicted molar refractivity (Wildman–Crippen MR) is 62.2 cm³/mol. The fourth-order valence-corrected chi connectivity index (χ4v) is 1.60. The number of primary amides is 1. The minimum Gasteiger partial charge on any atom is -0.368 e. The third-order valence-corrected chi connectivity index (χ3v) is 2.28. The molecule has 0 aromatic carbocycles. The molecule has 4 nitrogen and oxygen atoms in total. The van der Waals surface area contributed by atoms with Gasteiger partial charge in [-0.3, -0.25) is 9.69 Å². The van der Waals surface area contributed by atoms with Crippen molar-refractivity contribution in [1.82, 2.24) is 10.2 Å². The van der Waals surface area contributed by atoms with E-state index in [-0.39, 0.29) is 36.8 Å². The van der Waals surface area contributed by atoms with Crippen molar-refractivity contribution < 1.29 is 4.79 Å². The monoisotopic (exact) mass is 243 g/mol. The lowest BCUT2D eigenvalue weighted by Crippen LogP contribution is -2.58.